The molecule has 0 atom stereocenters. The van der Waals surface area contributed by atoms with E-state index in [-0.39, 0.29) is 22.5 Å². The third-order valence-electron chi connectivity index (χ3n) is 7.32. The summed E-state index contributed by atoms with van der Waals surface area (Å²) >= 11 is 0. The molecular formula is C36H24N6O6. The number of rotatable bonds is 9. The van der Waals surface area contributed by atoms with Crippen LogP contribution in [-0.4, -0.2) is 31.6 Å². The number of aromatic nitrogens is 2. The number of carbonyl (C=O) groups excluding carboxylic acids is 2. The quantitative estimate of drug-likeness (QED) is 0.120. The zero-order chi connectivity index (χ0) is 33.6. The fraction of sp³-hybridized carbons (Fsp3) is 0. The number of nitro benzene ring substituents is 2. The molecule has 0 radical (unpaired) electrons. The Morgan fingerprint density at radius 2 is 0.896 bits per heavy atom. The van der Waals surface area contributed by atoms with Crippen LogP contribution in [0.15, 0.2) is 133 Å². The van der Waals surface area contributed by atoms with E-state index in [2.05, 4.69) is 10.6 Å². The average molecular weight is 637 g/mol. The van der Waals surface area contributed by atoms with Crippen molar-refractivity contribution in [1.82, 2.24) is 9.97 Å². The van der Waals surface area contributed by atoms with E-state index in [1.807, 2.05) is 60.7 Å². The Bertz CT molecular complexity index is 2000. The van der Waals surface area contributed by atoms with Crippen molar-refractivity contribution >= 4 is 34.6 Å². The minimum atomic E-state index is -0.524. The zero-order valence-corrected chi connectivity index (χ0v) is 24.9. The van der Waals surface area contributed by atoms with Gasteiger partial charge in [-0.1, -0.05) is 54.6 Å². The first-order valence-electron chi connectivity index (χ1n) is 14.5. The molecule has 12 nitrogen and oxygen atoms in total. The summed E-state index contributed by atoms with van der Waals surface area (Å²) in [6.45, 7) is 0. The highest BCUT2D eigenvalue weighted by molar-refractivity contribution is 6.05. The van der Waals surface area contributed by atoms with Crippen molar-refractivity contribution < 1.29 is 19.4 Å². The minimum absolute atomic E-state index is 0.0996. The van der Waals surface area contributed by atoms with Gasteiger partial charge in [-0.05, 0) is 54.6 Å². The second kappa shape index (κ2) is 13.5. The molecule has 1 heterocycles. The summed E-state index contributed by atoms with van der Waals surface area (Å²) in [7, 11) is 0. The van der Waals surface area contributed by atoms with Crippen LogP contribution in [-0.2, 0) is 0 Å². The molecule has 0 bridgehead atoms. The summed E-state index contributed by atoms with van der Waals surface area (Å²) in [4.78, 5) is 55.8. The number of benzene rings is 5. The van der Waals surface area contributed by atoms with Crippen LogP contribution in [0.1, 0.15) is 20.7 Å². The van der Waals surface area contributed by atoms with Crippen LogP contribution in [0.4, 0.5) is 22.7 Å². The summed E-state index contributed by atoms with van der Waals surface area (Å²) in [5.74, 6) is -0.296. The largest absolute Gasteiger partial charge is 0.322 e. The van der Waals surface area contributed by atoms with Crippen molar-refractivity contribution in [3.05, 3.63) is 165 Å². The van der Waals surface area contributed by atoms with Gasteiger partial charge in [0.1, 0.15) is 0 Å². The molecule has 0 saturated heterocycles. The van der Waals surface area contributed by atoms with Gasteiger partial charge < -0.3 is 10.6 Å². The topological polar surface area (TPSA) is 170 Å². The molecule has 1 aromatic heterocycles. The van der Waals surface area contributed by atoms with Crippen molar-refractivity contribution in [2.45, 2.75) is 0 Å². The lowest BCUT2D eigenvalue weighted by molar-refractivity contribution is -0.385. The van der Waals surface area contributed by atoms with Gasteiger partial charge in [-0.25, -0.2) is 9.97 Å². The molecule has 48 heavy (non-hydrogen) atoms. The van der Waals surface area contributed by atoms with E-state index >= 15 is 0 Å². The van der Waals surface area contributed by atoms with E-state index in [0.29, 0.717) is 28.6 Å². The van der Waals surface area contributed by atoms with E-state index in [1.54, 1.807) is 24.3 Å². The van der Waals surface area contributed by atoms with Crippen molar-refractivity contribution in [2.24, 2.45) is 0 Å². The molecule has 6 aromatic rings. The summed E-state index contributed by atoms with van der Waals surface area (Å²) in [6, 6.07) is 36.3. The van der Waals surface area contributed by atoms with Gasteiger partial charge in [-0.15, -0.1) is 0 Å². The number of hydrogen-bond acceptors (Lipinski definition) is 8. The Hall–Kier alpha value is -7.08. The Labute approximate surface area is 273 Å². The predicted molar refractivity (Wildman–Crippen MR) is 180 cm³/mol. The number of nitro groups is 2. The third kappa shape index (κ3) is 7.08. The first-order chi connectivity index (χ1) is 23.2. The number of amides is 2. The molecular weight excluding hydrogens is 612 g/mol. The van der Waals surface area contributed by atoms with Gasteiger partial charge in [0.05, 0.1) is 21.2 Å². The molecule has 0 fully saturated rings. The van der Waals surface area contributed by atoms with Crippen LogP contribution >= 0.6 is 0 Å². The SMILES string of the molecule is O=C(Nc1ccc(-c2cc(-c3ccc(NC(=O)c4ccc([N+](=O)[O-])cc4)cc3)nc(-c3ccccc3)n2)cc1)c1ccc([N+](=O)[O-])cc1. The summed E-state index contributed by atoms with van der Waals surface area (Å²) < 4.78 is 0. The van der Waals surface area contributed by atoms with Gasteiger partial charge in [0.25, 0.3) is 23.2 Å². The lowest BCUT2D eigenvalue weighted by atomic mass is 10.1. The van der Waals surface area contributed by atoms with Gasteiger partial charge >= 0.3 is 0 Å². The second-order valence-corrected chi connectivity index (χ2v) is 10.5. The van der Waals surface area contributed by atoms with Gasteiger partial charge in [0, 0.05) is 63.5 Å². The van der Waals surface area contributed by atoms with Gasteiger partial charge in [0.15, 0.2) is 5.82 Å². The normalized spacial score (nSPS) is 10.6. The Balaban J connectivity index is 1.23. The fourth-order valence-electron chi connectivity index (χ4n) is 4.78. The highest BCUT2D eigenvalue weighted by Gasteiger charge is 2.14. The van der Waals surface area contributed by atoms with Crippen molar-refractivity contribution in [3.63, 3.8) is 0 Å². The average Bonchev–Trinajstić information content (AvgIpc) is 3.12. The Kier molecular flexibility index (Phi) is 8.70. The molecule has 2 N–H and O–H groups in total. The molecule has 12 heteroatoms. The van der Waals surface area contributed by atoms with Gasteiger partial charge in [-0.2, -0.15) is 0 Å². The first-order valence-corrected chi connectivity index (χ1v) is 14.5. The smallest absolute Gasteiger partial charge is 0.269 e. The van der Waals surface area contributed by atoms with Crippen LogP contribution in [0.5, 0.6) is 0 Å². The molecule has 234 valence electrons. The summed E-state index contributed by atoms with van der Waals surface area (Å²) in [5.41, 5.74) is 5.09. The van der Waals surface area contributed by atoms with Crippen LogP contribution in [0, 0.1) is 20.2 Å². The van der Waals surface area contributed by atoms with Crippen LogP contribution in [0.2, 0.25) is 0 Å². The van der Waals surface area contributed by atoms with Gasteiger partial charge in [-0.3, -0.25) is 29.8 Å². The highest BCUT2D eigenvalue weighted by atomic mass is 16.6. The monoisotopic (exact) mass is 636 g/mol. The van der Waals surface area contributed by atoms with Crippen LogP contribution < -0.4 is 10.6 Å². The summed E-state index contributed by atoms with van der Waals surface area (Å²) in [5, 5.41) is 27.4. The molecule has 0 saturated carbocycles. The number of anilines is 2. The number of non-ortho nitro benzene ring substituents is 2. The second-order valence-electron chi connectivity index (χ2n) is 10.5. The van der Waals surface area contributed by atoms with Crippen LogP contribution in [0.3, 0.4) is 0 Å². The van der Waals surface area contributed by atoms with E-state index in [1.165, 1.54) is 48.5 Å². The number of hydrogen-bond donors (Lipinski definition) is 2. The van der Waals surface area contributed by atoms with Gasteiger partial charge in [0.2, 0.25) is 0 Å². The van der Waals surface area contributed by atoms with Crippen molar-refractivity contribution in [3.8, 4) is 33.9 Å². The predicted octanol–water partition coefficient (Wildman–Crippen LogP) is 7.80. The van der Waals surface area contributed by atoms with E-state index in [0.717, 1.165) is 16.7 Å². The first kappa shape index (κ1) is 30.9. The molecule has 0 aliphatic rings. The lowest BCUT2D eigenvalue weighted by Gasteiger charge is -2.11. The summed E-state index contributed by atoms with van der Waals surface area (Å²) in [6.07, 6.45) is 0. The zero-order valence-electron chi connectivity index (χ0n) is 24.9. The lowest BCUT2D eigenvalue weighted by Crippen LogP contribution is -2.11. The number of carbonyl (C=O) groups is 2. The van der Waals surface area contributed by atoms with E-state index < -0.39 is 21.7 Å². The molecule has 0 aliphatic carbocycles. The molecule has 0 unspecified atom stereocenters. The highest BCUT2D eigenvalue weighted by Crippen LogP contribution is 2.29. The molecule has 6 rings (SSSR count). The molecule has 2 amide bonds. The van der Waals surface area contributed by atoms with Crippen molar-refractivity contribution in [2.75, 3.05) is 10.6 Å². The molecule has 0 spiro atoms. The maximum Gasteiger partial charge on any atom is 0.269 e. The number of nitrogens with zero attached hydrogens (tertiary/aromatic N) is 4. The van der Waals surface area contributed by atoms with Crippen LogP contribution in [0.25, 0.3) is 33.9 Å². The molecule has 5 aromatic carbocycles. The van der Waals surface area contributed by atoms with E-state index in [9.17, 15) is 29.8 Å². The minimum Gasteiger partial charge on any atom is -0.322 e. The maximum absolute atomic E-state index is 12.7. The fourth-order valence-corrected chi connectivity index (χ4v) is 4.78. The van der Waals surface area contributed by atoms with E-state index in [4.69, 9.17) is 9.97 Å². The Morgan fingerprint density at radius 3 is 1.27 bits per heavy atom. The number of nitrogens with one attached hydrogen (secondary N) is 2. The Morgan fingerprint density at radius 1 is 0.500 bits per heavy atom. The third-order valence-corrected chi connectivity index (χ3v) is 7.32. The maximum atomic E-state index is 12.7. The van der Waals surface area contributed by atoms with Crippen molar-refractivity contribution in [1.29, 1.82) is 0 Å². The standard InChI is InChI=1S/C36H24N6O6/c43-35(26-10-18-30(19-11-26)41(45)46)37-28-14-6-23(7-15-28)32-22-33(40-34(39-32)25-4-2-1-3-5-25)24-8-16-29(17-9-24)38-36(44)27-12-20-31(21-13-27)42(47)48/h1-22H,(H,37,43)(H,38,44). The molecule has 0 aliphatic heterocycles.